The number of aromatic nitrogens is 2. The third-order valence-electron chi connectivity index (χ3n) is 2.81. The van der Waals surface area contributed by atoms with Crippen LogP contribution < -0.4 is 0 Å². The molecule has 0 radical (unpaired) electrons. The van der Waals surface area contributed by atoms with Gasteiger partial charge in [-0.15, -0.1) is 11.8 Å². The number of rotatable bonds is 4. The van der Waals surface area contributed by atoms with Gasteiger partial charge in [0.2, 0.25) is 5.76 Å². The number of hydrogen-bond acceptors (Lipinski definition) is 5. The third kappa shape index (κ3) is 2.37. The van der Waals surface area contributed by atoms with E-state index in [9.17, 15) is 9.90 Å². The molecule has 0 amide bonds. The average Bonchev–Trinajstić information content (AvgIpc) is 2.85. The lowest BCUT2D eigenvalue weighted by Gasteiger charge is -2.00. The molecule has 0 aliphatic heterocycles. The fraction of sp³-hybridized carbons (Fsp3) is 0.0714. The van der Waals surface area contributed by atoms with Gasteiger partial charge in [-0.1, -0.05) is 18.2 Å². The standard InChI is InChI=1S/C14H10N2O3S/c17-14(18)13-10(7-20-12-5-6-15-8-16-12)9-3-1-2-4-11(9)19-13/h1-6,8H,7H2,(H,17,18). The van der Waals surface area contributed by atoms with Crippen LogP contribution in [0.2, 0.25) is 0 Å². The summed E-state index contributed by atoms with van der Waals surface area (Å²) in [5.41, 5.74) is 1.26. The van der Waals surface area contributed by atoms with Crippen molar-refractivity contribution in [1.29, 1.82) is 0 Å². The largest absolute Gasteiger partial charge is 0.475 e. The van der Waals surface area contributed by atoms with Crippen LogP contribution in [0.3, 0.4) is 0 Å². The summed E-state index contributed by atoms with van der Waals surface area (Å²) in [7, 11) is 0. The molecular formula is C14H10N2O3S. The first-order valence-electron chi connectivity index (χ1n) is 5.88. The normalized spacial score (nSPS) is 10.8. The molecule has 0 saturated heterocycles. The number of carbonyl (C=O) groups is 1. The topological polar surface area (TPSA) is 76.2 Å². The lowest BCUT2D eigenvalue weighted by Crippen LogP contribution is -1.98. The lowest BCUT2D eigenvalue weighted by molar-refractivity contribution is 0.0664. The number of carboxylic acid groups (broad SMARTS) is 1. The zero-order valence-corrected chi connectivity index (χ0v) is 11.1. The van der Waals surface area contributed by atoms with Crippen molar-refractivity contribution in [3.63, 3.8) is 0 Å². The SMILES string of the molecule is O=C(O)c1oc2ccccc2c1CSc1ccncn1. The van der Waals surface area contributed by atoms with Crippen molar-refractivity contribution in [2.24, 2.45) is 0 Å². The van der Waals surface area contributed by atoms with Crippen molar-refractivity contribution in [1.82, 2.24) is 9.97 Å². The number of benzene rings is 1. The zero-order chi connectivity index (χ0) is 13.9. The van der Waals surface area contributed by atoms with E-state index in [0.717, 1.165) is 10.4 Å². The Kier molecular flexibility index (Phi) is 3.39. The number of furan rings is 1. The molecule has 20 heavy (non-hydrogen) atoms. The molecule has 0 saturated carbocycles. The third-order valence-corrected chi connectivity index (χ3v) is 3.78. The molecule has 5 nitrogen and oxygen atoms in total. The molecule has 3 rings (SSSR count). The maximum atomic E-state index is 11.3. The Labute approximate surface area is 118 Å². The second kappa shape index (κ2) is 5.34. The molecule has 0 unspecified atom stereocenters. The summed E-state index contributed by atoms with van der Waals surface area (Å²) in [6.45, 7) is 0. The van der Waals surface area contributed by atoms with Crippen LogP contribution in [0.1, 0.15) is 16.1 Å². The molecule has 6 heteroatoms. The Morgan fingerprint density at radius 1 is 1.30 bits per heavy atom. The molecule has 0 bridgehead atoms. The van der Waals surface area contributed by atoms with Gasteiger partial charge < -0.3 is 9.52 Å². The summed E-state index contributed by atoms with van der Waals surface area (Å²) < 4.78 is 5.40. The quantitative estimate of drug-likeness (QED) is 0.586. The first kappa shape index (κ1) is 12.7. The lowest BCUT2D eigenvalue weighted by atomic mass is 10.1. The highest BCUT2D eigenvalue weighted by Crippen LogP contribution is 2.31. The van der Waals surface area contributed by atoms with E-state index < -0.39 is 5.97 Å². The number of nitrogens with zero attached hydrogens (tertiary/aromatic N) is 2. The minimum absolute atomic E-state index is 0.00671. The van der Waals surface area contributed by atoms with Gasteiger partial charge in [-0.25, -0.2) is 14.8 Å². The summed E-state index contributed by atoms with van der Waals surface area (Å²) >= 11 is 1.45. The van der Waals surface area contributed by atoms with Gasteiger partial charge in [0, 0.05) is 22.9 Å². The van der Waals surface area contributed by atoms with E-state index in [2.05, 4.69) is 9.97 Å². The molecule has 3 aromatic rings. The molecule has 0 aliphatic rings. The van der Waals surface area contributed by atoms with Gasteiger partial charge in [-0.2, -0.15) is 0 Å². The maximum Gasteiger partial charge on any atom is 0.372 e. The molecular weight excluding hydrogens is 276 g/mol. The molecule has 1 aromatic carbocycles. The summed E-state index contributed by atoms with van der Waals surface area (Å²) in [6.07, 6.45) is 3.12. The van der Waals surface area contributed by atoms with Crippen LogP contribution in [0.25, 0.3) is 11.0 Å². The van der Waals surface area contributed by atoms with Gasteiger partial charge in [0.05, 0.1) is 5.03 Å². The van der Waals surface area contributed by atoms with E-state index >= 15 is 0 Å². The van der Waals surface area contributed by atoms with Gasteiger partial charge in [-0.3, -0.25) is 0 Å². The van der Waals surface area contributed by atoms with Gasteiger partial charge in [0.25, 0.3) is 0 Å². The van der Waals surface area contributed by atoms with Crippen molar-refractivity contribution in [2.45, 2.75) is 10.8 Å². The molecule has 100 valence electrons. The van der Waals surface area contributed by atoms with E-state index in [1.165, 1.54) is 18.1 Å². The Balaban J connectivity index is 1.97. The van der Waals surface area contributed by atoms with Gasteiger partial charge in [0.15, 0.2) is 0 Å². The number of para-hydroxylation sites is 1. The van der Waals surface area contributed by atoms with Crippen molar-refractivity contribution in [3.05, 3.63) is 54.2 Å². The predicted octanol–water partition coefficient (Wildman–Crippen LogP) is 3.21. The van der Waals surface area contributed by atoms with Crippen LogP contribution in [0, 0.1) is 0 Å². The predicted molar refractivity (Wildman–Crippen MR) is 74.8 cm³/mol. The molecule has 2 aromatic heterocycles. The van der Waals surface area contributed by atoms with Crippen molar-refractivity contribution in [2.75, 3.05) is 0 Å². The maximum absolute atomic E-state index is 11.3. The summed E-state index contributed by atoms with van der Waals surface area (Å²) in [5, 5.41) is 10.9. The first-order chi connectivity index (χ1) is 9.75. The van der Waals surface area contributed by atoms with Gasteiger partial charge in [0.1, 0.15) is 11.9 Å². The first-order valence-corrected chi connectivity index (χ1v) is 6.87. The molecule has 0 aliphatic carbocycles. The van der Waals surface area contributed by atoms with E-state index in [0.29, 0.717) is 16.9 Å². The molecule has 0 atom stereocenters. The number of aromatic carboxylic acids is 1. The van der Waals surface area contributed by atoms with Crippen molar-refractivity contribution in [3.8, 4) is 0 Å². The smallest absolute Gasteiger partial charge is 0.372 e. The summed E-state index contributed by atoms with van der Waals surface area (Å²) in [5.74, 6) is -0.581. The van der Waals surface area contributed by atoms with E-state index in [1.54, 1.807) is 18.3 Å². The number of carboxylic acids is 1. The fourth-order valence-corrected chi connectivity index (χ4v) is 2.78. The highest BCUT2D eigenvalue weighted by molar-refractivity contribution is 7.98. The van der Waals surface area contributed by atoms with Crippen molar-refractivity contribution >= 4 is 28.7 Å². The minimum atomic E-state index is -1.06. The molecule has 0 spiro atoms. The van der Waals surface area contributed by atoms with Crippen molar-refractivity contribution < 1.29 is 14.3 Å². The highest BCUT2D eigenvalue weighted by Gasteiger charge is 2.19. The summed E-state index contributed by atoms with van der Waals surface area (Å²) in [4.78, 5) is 19.2. The van der Waals surface area contributed by atoms with Gasteiger partial charge >= 0.3 is 5.97 Å². The van der Waals surface area contributed by atoms with E-state index in [1.807, 2.05) is 18.2 Å². The minimum Gasteiger partial charge on any atom is -0.475 e. The Hall–Kier alpha value is -2.34. The summed E-state index contributed by atoms with van der Waals surface area (Å²) in [6, 6.07) is 9.09. The second-order valence-corrected chi connectivity index (χ2v) is 5.04. The van der Waals surface area contributed by atoms with Crippen LogP contribution in [0.5, 0.6) is 0 Å². The molecule has 1 N–H and O–H groups in total. The number of thioether (sulfide) groups is 1. The molecule has 2 heterocycles. The van der Waals surface area contributed by atoms with Crippen LogP contribution in [0.15, 0.2) is 52.3 Å². The van der Waals surface area contributed by atoms with Crippen LogP contribution in [-0.2, 0) is 5.75 Å². The fourth-order valence-electron chi connectivity index (χ4n) is 1.92. The van der Waals surface area contributed by atoms with Gasteiger partial charge in [-0.05, 0) is 12.1 Å². The second-order valence-electron chi connectivity index (χ2n) is 4.05. The van der Waals surface area contributed by atoms with Crippen LogP contribution in [-0.4, -0.2) is 21.0 Å². The van der Waals surface area contributed by atoms with Crippen LogP contribution >= 0.6 is 11.8 Å². The van der Waals surface area contributed by atoms with E-state index in [4.69, 9.17) is 4.42 Å². The number of fused-ring (bicyclic) bond motifs is 1. The molecule has 0 fully saturated rings. The monoisotopic (exact) mass is 286 g/mol. The number of hydrogen-bond donors (Lipinski definition) is 1. The van der Waals surface area contributed by atoms with E-state index in [-0.39, 0.29) is 5.76 Å². The Bertz CT molecular complexity index is 755. The zero-order valence-electron chi connectivity index (χ0n) is 10.3. The Morgan fingerprint density at radius 2 is 2.15 bits per heavy atom. The Morgan fingerprint density at radius 3 is 2.90 bits per heavy atom. The average molecular weight is 286 g/mol. The van der Waals surface area contributed by atoms with Crippen LogP contribution in [0.4, 0.5) is 0 Å². The highest BCUT2D eigenvalue weighted by atomic mass is 32.2.